The normalized spacial score (nSPS) is 19.4. The first-order valence-electron chi connectivity index (χ1n) is 14.2. The highest BCUT2D eigenvalue weighted by atomic mass is 79.9. The second-order valence-corrected chi connectivity index (χ2v) is 12.7. The lowest BCUT2D eigenvalue weighted by Gasteiger charge is -2.25. The van der Waals surface area contributed by atoms with Crippen LogP contribution in [0, 0.1) is 27.9 Å². The molecule has 1 aromatic heterocycles. The van der Waals surface area contributed by atoms with Gasteiger partial charge >= 0.3 is 5.97 Å². The average Bonchev–Trinajstić information content (AvgIpc) is 3.27. The molecule has 2 aliphatic rings. The number of amides is 2. The number of Topliss-reactive ketones (excluding diaryl/α,β-unsaturated/α-hetero) is 1. The number of imide groups is 1. The van der Waals surface area contributed by atoms with E-state index in [4.69, 9.17) is 21.3 Å². The van der Waals surface area contributed by atoms with Gasteiger partial charge < -0.3 is 4.74 Å². The molecule has 0 spiro atoms. The van der Waals surface area contributed by atoms with Crippen LogP contribution in [0.25, 0.3) is 22.2 Å². The zero-order chi connectivity index (χ0) is 32.0. The molecule has 1 saturated heterocycles. The summed E-state index contributed by atoms with van der Waals surface area (Å²) in [6.07, 6.45) is 2.36. The summed E-state index contributed by atoms with van der Waals surface area (Å²) in [6.45, 7) is 1.45. The van der Waals surface area contributed by atoms with Crippen LogP contribution in [0.3, 0.4) is 0 Å². The number of nitro groups is 1. The fourth-order valence-corrected chi connectivity index (χ4v) is 6.61. The Labute approximate surface area is 270 Å². The largest absolute Gasteiger partial charge is 0.454 e. The van der Waals surface area contributed by atoms with E-state index in [0.717, 1.165) is 12.5 Å². The molecule has 1 aliphatic carbocycles. The van der Waals surface area contributed by atoms with E-state index in [2.05, 4.69) is 22.9 Å². The summed E-state index contributed by atoms with van der Waals surface area (Å²) in [7, 11) is 0. The highest BCUT2D eigenvalue weighted by molar-refractivity contribution is 9.10. The summed E-state index contributed by atoms with van der Waals surface area (Å²) in [5.41, 5.74) is 1.75. The van der Waals surface area contributed by atoms with E-state index >= 15 is 0 Å². The molecule has 2 heterocycles. The Hall–Kier alpha value is -4.48. The Balaban J connectivity index is 1.26. The number of hydrogen-bond acceptors (Lipinski definition) is 8. The maximum atomic E-state index is 13.3. The Morgan fingerprint density at radius 3 is 2.49 bits per heavy atom. The number of pyridine rings is 1. The standard InChI is InChI=1S/C33H25BrClN3O7/c1-17-2-9-22-24(12-17)32(41)37(31(22)40)21-7-3-18(4-8-21)28-15-25(23-14-20(34)6-11-27(23)36-28)33(42)45-16-30(39)19-5-10-26(35)29(13-19)38(43)44/h3-8,10-11,13-15,17,22,24H,2,9,12,16H2,1H3. The van der Waals surface area contributed by atoms with E-state index in [0.29, 0.717) is 51.1 Å². The molecule has 3 aromatic carbocycles. The number of nitrogens with zero attached hydrogens (tertiary/aromatic N) is 3. The zero-order valence-electron chi connectivity index (χ0n) is 23.9. The number of rotatable bonds is 7. The van der Waals surface area contributed by atoms with E-state index in [9.17, 15) is 29.3 Å². The third-order valence-corrected chi connectivity index (χ3v) is 9.21. The number of ether oxygens (including phenoxy) is 1. The van der Waals surface area contributed by atoms with Gasteiger partial charge in [-0.25, -0.2) is 9.78 Å². The molecule has 12 heteroatoms. The first-order valence-corrected chi connectivity index (χ1v) is 15.4. The van der Waals surface area contributed by atoms with Crippen molar-refractivity contribution in [1.82, 2.24) is 4.98 Å². The Bertz CT molecular complexity index is 1910. The highest BCUT2D eigenvalue weighted by Crippen LogP contribution is 2.42. The smallest absolute Gasteiger partial charge is 0.339 e. The zero-order valence-corrected chi connectivity index (χ0v) is 26.2. The van der Waals surface area contributed by atoms with E-state index in [-0.39, 0.29) is 39.8 Å². The van der Waals surface area contributed by atoms with Gasteiger partial charge in [0.1, 0.15) is 5.02 Å². The number of halogens is 2. The van der Waals surface area contributed by atoms with Crippen LogP contribution in [0.15, 0.2) is 71.2 Å². The van der Waals surface area contributed by atoms with Crippen LogP contribution in [0.2, 0.25) is 5.02 Å². The van der Waals surface area contributed by atoms with Crippen LogP contribution in [-0.2, 0) is 14.3 Å². The molecule has 0 radical (unpaired) electrons. The molecule has 228 valence electrons. The predicted octanol–water partition coefficient (Wildman–Crippen LogP) is 7.19. The second kappa shape index (κ2) is 12.1. The Morgan fingerprint density at radius 2 is 1.76 bits per heavy atom. The number of ketones is 1. The van der Waals surface area contributed by atoms with E-state index < -0.39 is 29.0 Å². The molecule has 6 rings (SSSR count). The van der Waals surface area contributed by atoms with Crippen LogP contribution in [0.1, 0.15) is 46.9 Å². The van der Waals surface area contributed by atoms with Gasteiger partial charge in [-0.1, -0.05) is 46.6 Å². The molecule has 0 N–H and O–H groups in total. The predicted molar refractivity (Wildman–Crippen MR) is 170 cm³/mol. The number of hydrogen-bond donors (Lipinski definition) is 0. The monoisotopic (exact) mass is 689 g/mol. The van der Waals surface area contributed by atoms with Gasteiger partial charge in [-0.3, -0.25) is 29.4 Å². The summed E-state index contributed by atoms with van der Waals surface area (Å²) >= 11 is 9.25. The van der Waals surface area contributed by atoms with Crippen molar-refractivity contribution in [2.45, 2.75) is 26.2 Å². The van der Waals surface area contributed by atoms with Crippen molar-refractivity contribution in [3.8, 4) is 11.3 Å². The first-order chi connectivity index (χ1) is 21.5. The molecule has 3 unspecified atom stereocenters. The summed E-state index contributed by atoms with van der Waals surface area (Å²) in [5, 5.41) is 11.6. The first kappa shape index (κ1) is 30.5. The van der Waals surface area contributed by atoms with Crippen molar-refractivity contribution in [1.29, 1.82) is 0 Å². The molecule has 2 amide bonds. The molecule has 0 bridgehead atoms. The van der Waals surface area contributed by atoms with Gasteiger partial charge in [0.25, 0.3) is 5.69 Å². The fourth-order valence-electron chi connectivity index (χ4n) is 6.06. The van der Waals surface area contributed by atoms with Crippen LogP contribution >= 0.6 is 27.5 Å². The molecule has 10 nitrogen and oxygen atoms in total. The topological polar surface area (TPSA) is 137 Å². The lowest BCUT2D eigenvalue weighted by atomic mass is 9.76. The van der Waals surface area contributed by atoms with Crippen molar-refractivity contribution in [3.05, 3.63) is 97.5 Å². The van der Waals surface area contributed by atoms with Gasteiger partial charge in [0.2, 0.25) is 17.6 Å². The van der Waals surface area contributed by atoms with Gasteiger partial charge in [0, 0.05) is 27.1 Å². The molecule has 3 atom stereocenters. The van der Waals surface area contributed by atoms with Gasteiger partial charge in [-0.15, -0.1) is 0 Å². The van der Waals surface area contributed by atoms with Crippen molar-refractivity contribution < 1.29 is 28.8 Å². The van der Waals surface area contributed by atoms with Crippen molar-refractivity contribution in [2.24, 2.45) is 17.8 Å². The summed E-state index contributed by atoms with van der Waals surface area (Å²) in [5.74, 6) is -1.90. The summed E-state index contributed by atoms with van der Waals surface area (Å²) in [6, 6.07) is 17.2. The number of nitro benzene ring substituents is 1. The van der Waals surface area contributed by atoms with Crippen LogP contribution in [-0.4, -0.2) is 40.1 Å². The maximum Gasteiger partial charge on any atom is 0.339 e. The SMILES string of the molecule is CC1CCC2C(=O)N(c3ccc(-c4cc(C(=O)OCC(=O)c5ccc(Cl)c([N+](=O)[O-])c5)c5cc(Br)ccc5n4)cc3)C(=O)C2C1. The molecular weight excluding hydrogens is 666 g/mol. The molecule has 1 aliphatic heterocycles. The Kier molecular flexibility index (Phi) is 8.23. The van der Waals surface area contributed by atoms with Crippen molar-refractivity contribution in [3.63, 3.8) is 0 Å². The van der Waals surface area contributed by atoms with Gasteiger partial charge in [0.15, 0.2) is 6.61 Å². The molecule has 45 heavy (non-hydrogen) atoms. The number of anilines is 1. The number of fused-ring (bicyclic) bond motifs is 2. The molecule has 1 saturated carbocycles. The van der Waals surface area contributed by atoms with Gasteiger partial charge in [-0.05, 0) is 73.7 Å². The van der Waals surface area contributed by atoms with Crippen molar-refractivity contribution in [2.75, 3.05) is 11.5 Å². The van der Waals surface area contributed by atoms with E-state index in [1.165, 1.54) is 17.0 Å². The fraction of sp³-hybridized carbons (Fsp3) is 0.242. The number of carbonyl (C=O) groups excluding carboxylic acids is 4. The van der Waals surface area contributed by atoms with E-state index in [1.54, 1.807) is 48.5 Å². The highest BCUT2D eigenvalue weighted by Gasteiger charge is 2.49. The second-order valence-electron chi connectivity index (χ2n) is 11.3. The Morgan fingerprint density at radius 1 is 1.02 bits per heavy atom. The summed E-state index contributed by atoms with van der Waals surface area (Å²) < 4.78 is 6.06. The number of benzene rings is 3. The summed E-state index contributed by atoms with van der Waals surface area (Å²) in [4.78, 5) is 68.9. The van der Waals surface area contributed by atoms with Gasteiger partial charge in [-0.2, -0.15) is 0 Å². The minimum absolute atomic E-state index is 0.0225. The van der Waals surface area contributed by atoms with Crippen LogP contribution < -0.4 is 4.90 Å². The lowest BCUT2D eigenvalue weighted by molar-refractivity contribution is -0.384. The third-order valence-electron chi connectivity index (χ3n) is 8.40. The molecule has 2 fully saturated rings. The lowest BCUT2D eigenvalue weighted by Crippen LogP contribution is -2.30. The minimum atomic E-state index is -0.791. The quantitative estimate of drug-likeness (QED) is 0.0653. The number of aromatic nitrogens is 1. The number of esters is 1. The van der Waals surface area contributed by atoms with Crippen molar-refractivity contribution >= 4 is 73.4 Å². The third kappa shape index (κ3) is 5.85. The van der Waals surface area contributed by atoms with Gasteiger partial charge in [0.05, 0.1) is 39.2 Å². The van der Waals surface area contributed by atoms with Crippen LogP contribution in [0.4, 0.5) is 11.4 Å². The average molecular weight is 691 g/mol. The number of carbonyl (C=O) groups is 4. The van der Waals surface area contributed by atoms with E-state index in [1.807, 2.05) is 0 Å². The minimum Gasteiger partial charge on any atom is -0.454 e. The molecule has 4 aromatic rings. The van der Waals surface area contributed by atoms with Crippen LogP contribution in [0.5, 0.6) is 0 Å². The maximum absolute atomic E-state index is 13.3. The molecular formula is C33H25BrClN3O7.